The van der Waals surface area contributed by atoms with Crippen LogP contribution < -0.4 is 0 Å². The van der Waals surface area contributed by atoms with Gasteiger partial charge in [0, 0.05) is 15.5 Å². The van der Waals surface area contributed by atoms with Crippen LogP contribution in [0.5, 0.6) is 0 Å². The van der Waals surface area contributed by atoms with Gasteiger partial charge >= 0.3 is 0 Å². The van der Waals surface area contributed by atoms with Crippen LogP contribution in [0.15, 0.2) is 119 Å². The Hall–Kier alpha value is -3.85. The zero-order valence-corrected chi connectivity index (χ0v) is 28.0. The Morgan fingerprint density at radius 2 is 1.57 bits per heavy atom. The molecule has 0 fully saturated rings. The van der Waals surface area contributed by atoms with Crippen LogP contribution in [0.1, 0.15) is 61.5 Å². The Morgan fingerprint density at radius 3 is 2.43 bits per heavy atom. The molecule has 0 saturated heterocycles. The highest BCUT2D eigenvalue weighted by Gasteiger charge is 2.48. The minimum absolute atomic E-state index is 0.0606. The summed E-state index contributed by atoms with van der Waals surface area (Å²) in [5.74, 6) is 1.03. The van der Waals surface area contributed by atoms with Crippen LogP contribution in [-0.4, -0.2) is 4.75 Å². The first kappa shape index (κ1) is 27.3. The average molecular weight is 629 g/mol. The molecular formula is C44H36S2. The Morgan fingerprint density at radius 1 is 0.783 bits per heavy atom. The Bertz CT molecular complexity index is 2390. The largest absolute Gasteiger partial charge is 0.135 e. The molecule has 4 aliphatic rings. The third kappa shape index (κ3) is 3.81. The molecule has 0 radical (unpaired) electrons. The van der Waals surface area contributed by atoms with Crippen molar-refractivity contribution in [2.45, 2.75) is 56.6 Å². The van der Waals surface area contributed by atoms with Crippen LogP contribution in [0.3, 0.4) is 0 Å². The first-order chi connectivity index (χ1) is 22.6. The van der Waals surface area contributed by atoms with E-state index in [0.29, 0.717) is 11.8 Å². The minimum atomic E-state index is 0.0606. The SMILES string of the molecule is CC1CCCC2=C1SC1(C)C2=CC=CC1c1ccc2c3ccc(-c4cccc5c6c(sc45)C=CCC6)cc3c3ccccc3c2c1. The summed E-state index contributed by atoms with van der Waals surface area (Å²) in [5.41, 5.74) is 8.87. The molecule has 0 bridgehead atoms. The normalized spacial score (nSPS) is 23.7. The number of thiophene rings is 1. The molecular weight excluding hydrogens is 593 g/mol. The molecule has 1 aromatic heterocycles. The smallest absolute Gasteiger partial charge is 0.0530 e. The number of rotatable bonds is 2. The second kappa shape index (κ2) is 10.1. The van der Waals surface area contributed by atoms with Crippen molar-refractivity contribution in [3.63, 3.8) is 0 Å². The maximum absolute atomic E-state index is 2.53. The van der Waals surface area contributed by atoms with E-state index >= 15 is 0 Å². The van der Waals surface area contributed by atoms with E-state index in [9.17, 15) is 0 Å². The Balaban J connectivity index is 1.13. The highest BCUT2D eigenvalue weighted by Crippen LogP contribution is 2.62. The van der Waals surface area contributed by atoms with Crippen LogP contribution in [0.25, 0.3) is 59.6 Å². The summed E-state index contributed by atoms with van der Waals surface area (Å²) in [4.78, 5) is 3.10. The fourth-order valence-electron chi connectivity index (χ4n) is 9.08. The van der Waals surface area contributed by atoms with Gasteiger partial charge in [-0.15, -0.1) is 23.1 Å². The standard InChI is InChI=1S/C44H36S2/c1-26-10-7-16-36-40-18-9-17-39(44(40,2)46-42(26)36)28-21-23-33-32-22-20-27(24-37(32)30-11-3-4-12-31(30)38(33)25-28)29-14-8-15-35-34-13-5-6-19-41(34)45-43(29)35/h3-4,6,8-9,11-12,14-15,17-26,39H,5,7,10,13,16H2,1-2H3. The van der Waals surface area contributed by atoms with Crippen molar-refractivity contribution in [1.82, 2.24) is 0 Å². The van der Waals surface area contributed by atoms with Gasteiger partial charge in [0.2, 0.25) is 0 Å². The zero-order chi connectivity index (χ0) is 30.6. The zero-order valence-electron chi connectivity index (χ0n) is 26.4. The van der Waals surface area contributed by atoms with Crippen molar-refractivity contribution in [3.8, 4) is 11.1 Å². The van der Waals surface area contributed by atoms with Gasteiger partial charge in [0.1, 0.15) is 0 Å². The van der Waals surface area contributed by atoms with Gasteiger partial charge in [-0.1, -0.05) is 98.0 Å². The van der Waals surface area contributed by atoms with Crippen LogP contribution >= 0.6 is 23.1 Å². The van der Waals surface area contributed by atoms with Gasteiger partial charge in [0.15, 0.2) is 0 Å². The third-order valence-electron chi connectivity index (χ3n) is 11.4. The Kier molecular flexibility index (Phi) is 5.97. The molecule has 224 valence electrons. The lowest BCUT2D eigenvalue weighted by atomic mass is 9.73. The van der Waals surface area contributed by atoms with Gasteiger partial charge in [-0.3, -0.25) is 0 Å². The average Bonchev–Trinajstić information content (AvgIpc) is 3.63. The van der Waals surface area contributed by atoms with Gasteiger partial charge in [-0.25, -0.2) is 0 Å². The maximum atomic E-state index is 2.53. The second-order valence-corrected chi connectivity index (χ2v) is 16.5. The molecule has 2 heterocycles. The molecule has 2 heteroatoms. The molecule has 3 unspecified atom stereocenters. The number of allylic oxidation sites excluding steroid dienone is 6. The summed E-state index contributed by atoms with van der Waals surface area (Å²) < 4.78 is 1.48. The van der Waals surface area contributed by atoms with Crippen molar-refractivity contribution in [3.05, 3.63) is 135 Å². The molecule has 0 spiro atoms. The first-order valence-electron chi connectivity index (χ1n) is 17.0. The number of fused-ring (bicyclic) bond motifs is 11. The predicted molar refractivity (Wildman–Crippen MR) is 203 cm³/mol. The van der Waals surface area contributed by atoms with Crippen molar-refractivity contribution >= 4 is 71.6 Å². The van der Waals surface area contributed by atoms with E-state index in [1.54, 1.807) is 16.1 Å². The van der Waals surface area contributed by atoms with E-state index in [4.69, 9.17) is 0 Å². The molecule has 3 atom stereocenters. The molecule has 3 aliphatic carbocycles. The van der Waals surface area contributed by atoms with Gasteiger partial charge in [-0.2, -0.15) is 0 Å². The summed E-state index contributed by atoms with van der Waals surface area (Å²) in [5, 5.41) is 9.55. The molecule has 0 saturated carbocycles. The van der Waals surface area contributed by atoms with Gasteiger partial charge in [0.25, 0.3) is 0 Å². The monoisotopic (exact) mass is 628 g/mol. The second-order valence-electron chi connectivity index (χ2n) is 14.0. The molecule has 0 amide bonds. The fourth-order valence-corrected chi connectivity index (χ4v) is 12.2. The van der Waals surface area contributed by atoms with Crippen LogP contribution in [-0.2, 0) is 6.42 Å². The topological polar surface area (TPSA) is 0 Å². The van der Waals surface area contributed by atoms with Crippen molar-refractivity contribution < 1.29 is 0 Å². The molecule has 46 heavy (non-hydrogen) atoms. The molecule has 0 N–H and O–H groups in total. The van der Waals surface area contributed by atoms with E-state index in [1.165, 1.54) is 88.8 Å². The van der Waals surface area contributed by atoms with Crippen molar-refractivity contribution in [2.24, 2.45) is 5.92 Å². The van der Waals surface area contributed by atoms with E-state index in [2.05, 4.69) is 135 Å². The Labute approximate surface area is 279 Å². The van der Waals surface area contributed by atoms with Crippen LogP contribution in [0, 0.1) is 5.92 Å². The van der Waals surface area contributed by atoms with Gasteiger partial charge < -0.3 is 0 Å². The molecule has 5 aromatic carbocycles. The highest BCUT2D eigenvalue weighted by atomic mass is 32.2. The van der Waals surface area contributed by atoms with Crippen molar-refractivity contribution in [1.29, 1.82) is 0 Å². The summed E-state index contributed by atoms with van der Waals surface area (Å²) in [6, 6.07) is 30.6. The highest BCUT2D eigenvalue weighted by molar-refractivity contribution is 8.05. The van der Waals surface area contributed by atoms with E-state index in [-0.39, 0.29) is 4.75 Å². The summed E-state index contributed by atoms with van der Waals surface area (Å²) in [6.07, 6.45) is 18.1. The summed E-state index contributed by atoms with van der Waals surface area (Å²) in [7, 11) is 0. The summed E-state index contributed by atoms with van der Waals surface area (Å²) in [6.45, 7) is 4.95. The minimum Gasteiger partial charge on any atom is -0.135 e. The number of hydrogen-bond donors (Lipinski definition) is 0. The number of thioether (sulfide) groups is 1. The quantitative estimate of drug-likeness (QED) is 0.172. The summed E-state index contributed by atoms with van der Waals surface area (Å²) >= 11 is 4.13. The number of aryl methyl sites for hydroxylation is 1. The fraction of sp³-hybridized carbons (Fsp3) is 0.227. The van der Waals surface area contributed by atoms with Gasteiger partial charge in [0.05, 0.1) is 4.75 Å². The van der Waals surface area contributed by atoms with E-state index in [0.717, 1.165) is 12.8 Å². The molecule has 1 aliphatic heterocycles. The molecule has 6 aromatic rings. The van der Waals surface area contributed by atoms with Gasteiger partial charge in [-0.05, 0) is 139 Å². The molecule has 10 rings (SSSR count). The predicted octanol–water partition coefficient (Wildman–Crippen LogP) is 13.1. The maximum Gasteiger partial charge on any atom is 0.0530 e. The van der Waals surface area contributed by atoms with Crippen molar-refractivity contribution in [2.75, 3.05) is 0 Å². The van der Waals surface area contributed by atoms with E-state index in [1.807, 2.05) is 11.3 Å². The lowest BCUT2D eigenvalue weighted by Gasteiger charge is -2.36. The number of hydrogen-bond acceptors (Lipinski definition) is 2. The molecule has 0 nitrogen and oxygen atoms in total. The first-order valence-corrected chi connectivity index (χ1v) is 18.6. The lowest BCUT2D eigenvalue weighted by molar-refractivity contribution is 0.561. The van der Waals surface area contributed by atoms with E-state index < -0.39 is 0 Å². The van der Waals surface area contributed by atoms with Crippen LogP contribution in [0.4, 0.5) is 0 Å². The van der Waals surface area contributed by atoms with Crippen LogP contribution in [0.2, 0.25) is 0 Å². The number of benzene rings is 5. The third-order valence-corrected chi connectivity index (χ3v) is 14.4. The lowest BCUT2D eigenvalue weighted by Crippen LogP contribution is -2.30.